The Morgan fingerprint density at radius 2 is 1.71 bits per heavy atom. The summed E-state index contributed by atoms with van der Waals surface area (Å²) < 4.78 is 1.81. The molecule has 2 aliphatic heterocycles. The Labute approximate surface area is 165 Å². The molecule has 3 heterocycles. The van der Waals surface area contributed by atoms with Crippen LogP contribution in [0.2, 0.25) is 0 Å². The second-order valence-electron chi connectivity index (χ2n) is 8.10. The number of nitrogens with zero attached hydrogens (tertiary/aromatic N) is 3. The molecule has 2 aromatic rings. The van der Waals surface area contributed by atoms with Crippen molar-refractivity contribution in [1.29, 1.82) is 0 Å². The van der Waals surface area contributed by atoms with E-state index >= 15 is 0 Å². The van der Waals surface area contributed by atoms with Crippen molar-refractivity contribution in [3.63, 3.8) is 0 Å². The highest BCUT2D eigenvalue weighted by Gasteiger charge is 2.29. The fraction of sp³-hybridized carbons (Fsp3) is 0.500. The number of likely N-dealkylation sites (tertiary alicyclic amines) is 2. The minimum Gasteiger partial charge on any atom is -0.341 e. The normalized spacial score (nSPS) is 20.0. The molecule has 0 saturated carbocycles. The van der Waals surface area contributed by atoms with Gasteiger partial charge in [-0.1, -0.05) is 25.1 Å². The van der Waals surface area contributed by atoms with E-state index in [1.165, 1.54) is 0 Å². The van der Waals surface area contributed by atoms with Crippen LogP contribution in [0.15, 0.2) is 30.5 Å². The molecule has 0 spiro atoms. The molecule has 0 N–H and O–H groups in total. The lowest BCUT2D eigenvalue weighted by Crippen LogP contribution is -2.42. The number of carbonyl (C=O) groups is 3. The summed E-state index contributed by atoms with van der Waals surface area (Å²) in [5, 5.41) is 0.736. The van der Waals surface area contributed by atoms with E-state index in [0.29, 0.717) is 24.6 Å². The number of Topliss-reactive ketones (excluding diaryl/α,β-unsaturated/α-hetero) is 1. The second-order valence-corrected chi connectivity index (χ2v) is 8.10. The largest absolute Gasteiger partial charge is 0.341 e. The molecule has 4 rings (SSSR count). The molecule has 0 aliphatic carbocycles. The Hall–Kier alpha value is -2.63. The minimum atomic E-state index is -0.474. The number of piperidine rings is 1. The summed E-state index contributed by atoms with van der Waals surface area (Å²) in [5.74, 6) is -0.420. The molecule has 0 bridgehead atoms. The van der Waals surface area contributed by atoms with Crippen molar-refractivity contribution in [3.05, 3.63) is 36.0 Å². The van der Waals surface area contributed by atoms with Gasteiger partial charge in [-0.15, -0.1) is 0 Å². The van der Waals surface area contributed by atoms with Crippen molar-refractivity contribution in [2.24, 2.45) is 5.92 Å². The molecule has 6 heteroatoms. The molecule has 1 unspecified atom stereocenters. The van der Waals surface area contributed by atoms with E-state index in [0.717, 1.165) is 49.7 Å². The zero-order valence-corrected chi connectivity index (χ0v) is 16.4. The first-order valence-corrected chi connectivity index (χ1v) is 10.2. The first-order chi connectivity index (χ1) is 13.5. The zero-order valence-electron chi connectivity index (χ0n) is 16.4. The summed E-state index contributed by atoms with van der Waals surface area (Å²) >= 11 is 0. The third kappa shape index (κ3) is 3.55. The number of hydrogen-bond donors (Lipinski definition) is 0. The van der Waals surface area contributed by atoms with E-state index in [4.69, 9.17) is 0 Å². The van der Waals surface area contributed by atoms with Crippen molar-refractivity contribution in [2.75, 3.05) is 26.2 Å². The monoisotopic (exact) mass is 381 g/mol. The van der Waals surface area contributed by atoms with Crippen molar-refractivity contribution in [1.82, 2.24) is 14.4 Å². The highest BCUT2D eigenvalue weighted by molar-refractivity contribution is 6.44. The van der Waals surface area contributed by atoms with Crippen LogP contribution >= 0.6 is 0 Å². The lowest BCUT2D eigenvalue weighted by molar-refractivity contribution is -0.130. The second kappa shape index (κ2) is 7.78. The average Bonchev–Trinajstić information content (AvgIpc) is 3.36. The van der Waals surface area contributed by atoms with E-state index in [9.17, 15) is 14.4 Å². The lowest BCUT2D eigenvalue weighted by atomic mass is 9.99. The van der Waals surface area contributed by atoms with Crippen LogP contribution in [0, 0.1) is 5.92 Å². The van der Waals surface area contributed by atoms with Crippen LogP contribution in [0.4, 0.5) is 0 Å². The fourth-order valence-corrected chi connectivity index (χ4v) is 4.40. The summed E-state index contributed by atoms with van der Waals surface area (Å²) in [6.07, 6.45) is 5.81. The molecule has 148 valence electrons. The van der Waals surface area contributed by atoms with E-state index in [2.05, 4.69) is 6.92 Å². The maximum atomic E-state index is 13.0. The van der Waals surface area contributed by atoms with Crippen LogP contribution in [0.5, 0.6) is 0 Å². The van der Waals surface area contributed by atoms with Gasteiger partial charge in [0, 0.05) is 43.3 Å². The van der Waals surface area contributed by atoms with Gasteiger partial charge in [-0.2, -0.15) is 0 Å². The molecule has 6 nitrogen and oxygen atoms in total. The number of ketones is 1. The molecular weight excluding hydrogens is 354 g/mol. The van der Waals surface area contributed by atoms with Crippen LogP contribution < -0.4 is 0 Å². The highest BCUT2D eigenvalue weighted by atomic mass is 16.2. The highest BCUT2D eigenvalue weighted by Crippen LogP contribution is 2.24. The molecule has 2 fully saturated rings. The molecule has 2 saturated heterocycles. The number of aromatic nitrogens is 1. The van der Waals surface area contributed by atoms with Crippen molar-refractivity contribution in [3.8, 4) is 0 Å². The molecule has 2 aliphatic rings. The van der Waals surface area contributed by atoms with E-state index in [1.807, 2.05) is 33.7 Å². The maximum absolute atomic E-state index is 13.0. The van der Waals surface area contributed by atoms with Gasteiger partial charge in [0.25, 0.3) is 11.7 Å². The molecule has 2 amide bonds. The number of amides is 2. The van der Waals surface area contributed by atoms with Crippen LogP contribution in [0.3, 0.4) is 0 Å². The summed E-state index contributed by atoms with van der Waals surface area (Å²) in [4.78, 5) is 42.0. The number of rotatable bonds is 4. The predicted octanol–water partition coefficient (Wildman–Crippen LogP) is 2.70. The van der Waals surface area contributed by atoms with Gasteiger partial charge in [0.05, 0.1) is 5.56 Å². The van der Waals surface area contributed by atoms with Gasteiger partial charge in [0.15, 0.2) is 0 Å². The van der Waals surface area contributed by atoms with Crippen LogP contribution in [0.25, 0.3) is 10.9 Å². The van der Waals surface area contributed by atoms with Gasteiger partial charge in [-0.05, 0) is 37.7 Å². The van der Waals surface area contributed by atoms with Crippen LogP contribution in [-0.4, -0.2) is 58.1 Å². The van der Waals surface area contributed by atoms with Crippen molar-refractivity contribution >= 4 is 28.5 Å². The van der Waals surface area contributed by atoms with Gasteiger partial charge in [-0.25, -0.2) is 0 Å². The number of carbonyl (C=O) groups excluding carboxylic acids is 3. The Balaban J connectivity index is 1.61. The first-order valence-electron chi connectivity index (χ1n) is 10.2. The summed E-state index contributed by atoms with van der Waals surface area (Å²) in [5.41, 5.74) is 1.21. The standard InChI is InChI=1S/C22H27N3O3/c1-16-7-6-12-24(13-16)22(28)21(27)18-14-25(19-9-3-2-8-17(18)19)15-20(26)23-10-4-5-11-23/h2-3,8-9,14,16H,4-7,10-13,15H2,1H3. The van der Waals surface area contributed by atoms with Crippen LogP contribution in [0.1, 0.15) is 43.0 Å². The molecule has 0 radical (unpaired) electrons. The average molecular weight is 381 g/mol. The molecule has 28 heavy (non-hydrogen) atoms. The Morgan fingerprint density at radius 1 is 1.00 bits per heavy atom. The van der Waals surface area contributed by atoms with Gasteiger partial charge in [-0.3, -0.25) is 14.4 Å². The van der Waals surface area contributed by atoms with Gasteiger partial charge in [0.1, 0.15) is 6.54 Å². The minimum absolute atomic E-state index is 0.0634. The van der Waals surface area contributed by atoms with E-state index < -0.39 is 11.7 Å². The number of para-hydroxylation sites is 1. The number of fused-ring (bicyclic) bond motifs is 1. The Bertz CT molecular complexity index is 911. The third-order valence-electron chi connectivity index (χ3n) is 5.94. The first kappa shape index (κ1) is 18.7. The number of benzene rings is 1. The summed E-state index contributed by atoms with van der Waals surface area (Å²) in [6.45, 7) is 5.19. The predicted molar refractivity (Wildman–Crippen MR) is 107 cm³/mol. The molecule has 1 aromatic carbocycles. The summed E-state index contributed by atoms with van der Waals surface area (Å²) in [6, 6.07) is 7.50. The smallest absolute Gasteiger partial charge is 0.295 e. The molecule has 1 aromatic heterocycles. The Kier molecular flexibility index (Phi) is 5.20. The quantitative estimate of drug-likeness (QED) is 0.604. The molecule has 1 atom stereocenters. The van der Waals surface area contributed by atoms with E-state index in [-0.39, 0.29) is 12.5 Å². The van der Waals surface area contributed by atoms with Crippen LogP contribution in [-0.2, 0) is 16.1 Å². The topological polar surface area (TPSA) is 62.6 Å². The van der Waals surface area contributed by atoms with Gasteiger partial charge in [0.2, 0.25) is 5.91 Å². The Morgan fingerprint density at radius 3 is 2.46 bits per heavy atom. The van der Waals surface area contributed by atoms with Gasteiger partial charge < -0.3 is 14.4 Å². The number of hydrogen-bond acceptors (Lipinski definition) is 3. The van der Waals surface area contributed by atoms with Crippen molar-refractivity contribution < 1.29 is 14.4 Å². The van der Waals surface area contributed by atoms with Crippen molar-refractivity contribution in [2.45, 2.75) is 39.2 Å². The van der Waals surface area contributed by atoms with E-state index in [1.54, 1.807) is 11.1 Å². The zero-order chi connectivity index (χ0) is 19.7. The fourth-order valence-electron chi connectivity index (χ4n) is 4.40. The maximum Gasteiger partial charge on any atom is 0.295 e. The molecular formula is C22H27N3O3. The lowest BCUT2D eigenvalue weighted by Gasteiger charge is -2.30. The summed E-state index contributed by atoms with van der Waals surface area (Å²) in [7, 11) is 0. The SMILES string of the molecule is CC1CCCN(C(=O)C(=O)c2cn(CC(=O)N3CCCC3)c3ccccc23)C1. The van der Waals surface area contributed by atoms with Gasteiger partial charge >= 0.3 is 0 Å². The third-order valence-corrected chi connectivity index (χ3v) is 5.94.